The van der Waals surface area contributed by atoms with Crippen LogP contribution in [0.1, 0.15) is 6.92 Å². The molecule has 134 valence electrons. The van der Waals surface area contributed by atoms with Crippen molar-refractivity contribution in [2.24, 2.45) is 0 Å². The molecule has 0 radical (unpaired) electrons. The molecule has 0 unspecified atom stereocenters. The van der Waals surface area contributed by atoms with Gasteiger partial charge in [-0.3, -0.25) is 4.79 Å². The van der Waals surface area contributed by atoms with Crippen molar-refractivity contribution in [1.82, 2.24) is 14.5 Å². The van der Waals surface area contributed by atoms with Crippen molar-refractivity contribution >= 4 is 27.5 Å². The summed E-state index contributed by atoms with van der Waals surface area (Å²) >= 11 is 5.86. The molecule has 1 aliphatic heterocycles. The summed E-state index contributed by atoms with van der Waals surface area (Å²) in [5, 5.41) is 0.276. The molecule has 0 atom stereocenters. The molecular weight excluding hydrogens is 354 g/mol. The topological polar surface area (TPSA) is 79.0 Å². The van der Waals surface area contributed by atoms with E-state index in [1.54, 1.807) is 4.90 Å². The summed E-state index contributed by atoms with van der Waals surface area (Å²) in [4.78, 5) is 16.0. The fourth-order valence-electron chi connectivity index (χ4n) is 2.52. The zero-order valence-electron chi connectivity index (χ0n) is 13.8. The molecule has 1 aromatic carbocycles. The Hall–Kier alpha value is -1.35. The number of sulfonamides is 1. The van der Waals surface area contributed by atoms with Crippen LogP contribution in [-0.2, 0) is 14.8 Å². The van der Waals surface area contributed by atoms with Gasteiger partial charge in [0, 0.05) is 31.2 Å². The maximum Gasteiger partial charge on any atom is 0.244 e. The number of methoxy groups -OCH3 is 1. The van der Waals surface area contributed by atoms with E-state index in [0.29, 0.717) is 13.1 Å². The summed E-state index contributed by atoms with van der Waals surface area (Å²) in [6, 6.07) is 4.31. The van der Waals surface area contributed by atoms with Crippen LogP contribution in [0, 0.1) is 0 Å². The van der Waals surface area contributed by atoms with Gasteiger partial charge in [0.05, 0.1) is 13.7 Å². The number of nitrogens with zero attached hydrogens (tertiary/aromatic N) is 2. The van der Waals surface area contributed by atoms with Crippen LogP contribution in [0.4, 0.5) is 0 Å². The molecule has 1 aromatic rings. The molecule has 0 bridgehead atoms. The molecule has 0 saturated carbocycles. The van der Waals surface area contributed by atoms with Gasteiger partial charge in [-0.05, 0) is 24.7 Å². The maximum atomic E-state index is 12.4. The summed E-state index contributed by atoms with van der Waals surface area (Å²) in [5.41, 5.74) is 0. The number of hydrogen-bond acceptors (Lipinski definition) is 5. The number of halogens is 1. The van der Waals surface area contributed by atoms with E-state index >= 15 is 0 Å². The Bertz CT molecular complexity index is 688. The van der Waals surface area contributed by atoms with Gasteiger partial charge in [-0.25, -0.2) is 13.1 Å². The van der Waals surface area contributed by atoms with Crippen LogP contribution in [0.3, 0.4) is 0 Å². The molecule has 1 fully saturated rings. The lowest BCUT2D eigenvalue weighted by Gasteiger charge is -2.34. The lowest BCUT2D eigenvalue weighted by molar-refractivity contribution is -0.131. The first-order chi connectivity index (χ1) is 11.4. The second kappa shape index (κ2) is 8.15. The number of hydrogen-bond donors (Lipinski definition) is 1. The number of carbonyl (C=O) groups excluding carboxylic acids is 1. The van der Waals surface area contributed by atoms with Crippen molar-refractivity contribution in [3.63, 3.8) is 0 Å². The average Bonchev–Trinajstić information content (AvgIpc) is 2.59. The highest BCUT2D eigenvalue weighted by atomic mass is 35.5. The maximum absolute atomic E-state index is 12.4. The van der Waals surface area contributed by atoms with Crippen molar-refractivity contribution in [2.75, 3.05) is 46.4 Å². The number of amides is 1. The monoisotopic (exact) mass is 375 g/mol. The highest BCUT2D eigenvalue weighted by molar-refractivity contribution is 7.89. The molecule has 9 heteroatoms. The van der Waals surface area contributed by atoms with Gasteiger partial charge in [0.1, 0.15) is 10.6 Å². The van der Waals surface area contributed by atoms with E-state index in [1.165, 1.54) is 25.3 Å². The summed E-state index contributed by atoms with van der Waals surface area (Å²) in [6.45, 7) is 5.55. The number of piperazine rings is 1. The molecule has 7 nitrogen and oxygen atoms in total. The van der Waals surface area contributed by atoms with Crippen LogP contribution < -0.4 is 9.46 Å². The van der Waals surface area contributed by atoms with Gasteiger partial charge in [0.25, 0.3) is 0 Å². The summed E-state index contributed by atoms with van der Waals surface area (Å²) in [5.74, 6) is -0.0637. The first-order valence-corrected chi connectivity index (χ1v) is 9.57. The highest BCUT2D eigenvalue weighted by Crippen LogP contribution is 2.26. The van der Waals surface area contributed by atoms with Crippen LogP contribution in [0.15, 0.2) is 23.1 Å². The van der Waals surface area contributed by atoms with Crippen molar-refractivity contribution in [1.29, 1.82) is 0 Å². The van der Waals surface area contributed by atoms with E-state index in [-0.39, 0.29) is 28.1 Å². The number of benzene rings is 1. The fourth-order valence-corrected chi connectivity index (χ4v) is 3.92. The fraction of sp³-hybridized carbons (Fsp3) is 0.533. The Morgan fingerprint density at radius 3 is 2.54 bits per heavy atom. The zero-order chi connectivity index (χ0) is 17.7. The quantitative estimate of drug-likeness (QED) is 0.795. The molecule has 1 aliphatic rings. The number of ether oxygens (including phenoxy) is 1. The Balaban J connectivity index is 2.00. The molecule has 1 amide bonds. The molecule has 1 saturated heterocycles. The Morgan fingerprint density at radius 1 is 1.29 bits per heavy atom. The van der Waals surface area contributed by atoms with Crippen LogP contribution >= 0.6 is 11.6 Å². The molecule has 1 N–H and O–H groups in total. The van der Waals surface area contributed by atoms with Crippen LogP contribution in [0.25, 0.3) is 0 Å². The average molecular weight is 376 g/mol. The van der Waals surface area contributed by atoms with E-state index in [1.807, 2.05) is 0 Å². The number of nitrogens with one attached hydrogen (secondary N) is 1. The smallest absolute Gasteiger partial charge is 0.244 e. The molecule has 2 rings (SSSR count). The minimum absolute atomic E-state index is 0.0823. The van der Waals surface area contributed by atoms with Gasteiger partial charge in [0.15, 0.2) is 0 Å². The van der Waals surface area contributed by atoms with E-state index < -0.39 is 10.0 Å². The molecule has 1 heterocycles. The summed E-state index contributed by atoms with van der Waals surface area (Å²) < 4.78 is 32.2. The Labute approximate surface area is 147 Å². The summed E-state index contributed by atoms with van der Waals surface area (Å²) in [6.07, 6.45) is 0. The third-order valence-corrected chi connectivity index (χ3v) is 5.66. The van der Waals surface area contributed by atoms with Crippen molar-refractivity contribution in [2.45, 2.75) is 11.8 Å². The van der Waals surface area contributed by atoms with Gasteiger partial charge in [-0.2, -0.15) is 0 Å². The summed E-state index contributed by atoms with van der Waals surface area (Å²) in [7, 11) is -2.52. The van der Waals surface area contributed by atoms with Gasteiger partial charge < -0.3 is 14.5 Å². The highest BCUT2D eigenvalue weighted by Gasteiger charge is 2.24. The second-order valence-corrected chi connectivity index (χ2v) is 7.61. The minimum Gasteiger partial charge on any atom is -0.495 e. The SMILES string of the molecule is CCN1CCN(C(=O)CNS(=O)(=O)c2cc(Cl)ccc2OC)CC1. The molecule has 0 spiro atoms. The largest absolute Gasteiger partial charge is 0.495 e. The van der Waals surface area contributed by atoms with Crippen LogP contribution in [0.2, 0.25) is 5.02 Å². The van der Waals surface area contributed by atoms with Crippen LogP contribution in [0.5, 0.6) is 5.75 Å². The van der Waals surface area contributed by atoms with Gasteiger partial charge >= 0.3 is 0 Å². The number of rotatable bonds is 6. The number of carbonyl (C=O) groups is 1. The first kappa shape index (κ1) is 19.0. The van der Waals surface area contributed by atoms with Gasteiger partial charge in [-0.15, -0.1) is 0 Å². The normalized spacial score (nSPS) is 16.2. The molecule has 24 heavy (non-hydrogen) atoms. The van der Waals surface area contributed by atoms with Crippen molar-refractivity contribution < 1.29 is 17.9 Å². The van der Waals surface area contributed by atoms with E-state index in [4.69, 9.17) is 16.3 Å². The molecule has 0 aromatic heterocycles. The van der Waals surface area contributed by atoms with Gasteiger partial charge in [0.2, 0.25) is 15.9 Å². The lowest BCUT2D eigenvalue weighted by Crippen LogP contribution is -2.51. The zero-order valence-corrected chi connectivity index (χ0v) is 15.4. The lowest BCUT2D eigenvalue weighted by atomic mass is 10.3. The standard InChI is InChI=1S/C15H22ClN3O4S/c1-3-18-6-8-19(9-7-18)15(20)11-17-24(21,22)14-10-12(16)4-5-13(14)23-2/h4-5,10,17H,3,6-9,11H2,1-2H3. The predicted octanol–water partition coefficient (Wildman–Crippen LogP) is 0.791. The predicted molar refractivity (Wildman–Crippen MR) is 91.9 cm³/mol. The van der Waals surface area contributed by atoms with Crippen molar-refractivity contribution in [3.05, 3.63) is 23.2 Å². The van der Waals surface area contributed by atoms with E-state index in [0.717, 1.165) is 19.6 Å². The van der Waals surface area contributed by atoms with Crippen molar-refractivity contribution in [3.8, 4) is 5.75 Å². The van der Waals surface area contributed by atoms with E-state index in [2.05, 4.69) is 16.5 Å². The van der Waals surface area contributed by atoms with Crippen LogP contribution in [-0.4, -0.2) is 70.5 Å². The second-order valence-electron chi connectivity index (χ2n) is 5.43. The molecule has 0 aliphatic carbocycles. The molecular formula is C15H22ClN3O4S. The third kappa shape index (κ3) is 4.60. The Kier molecular flexibility index (Phi) is 6.45. The minimum atomic E-state index is -3.89. The Morgan fingerprint density at radius 2 is 1.96 bits per heavy atom. The third-order valence-electron chi connectivity index (χ3n) is 4.00. The number of likely N-dealkylation sites (N-methyl/N-ethyl adjacent to an activating group) is 1. The van der Waals surface area contributed by atoms with Gasteiger partial charge in [-0.1, -0.05) is 18.5 Å². The first-order valence-electron chi connectivity index (χ1n) is 7.70. The van der Waals surface area contributed by atoms with E-state index in [9.17, 15) is 13.2 Å².